The van der Waals surface area contributed by atoms with Crippen LogP contribution in [0.3, 0.4) is 0 Å². The number of ether oxygens (including phenoxy) is 2. The molecule has 0 atom stereocenters. The molecular weight excluding hydrogens is 392 g/mol. The molecule has 3 rings (SSSR count). The van der Waals surface area contributed by atoms with Gasteiger partial charge in [0, 0.05) is 25.2 Å². The van der Waals surface area contributed by atoms with E-state index in [2.05, 4.69) is 5.32 Å². The molecule has 0 saturated heterocycles. The molecule has 0 fully saturated rings. The van der Waals surface area contributed by atoms with Crippen LogP contribution in [0.1, 0.15) is 27.0 Å². The fourth-order valence-corrected chi connectivity index (χ4v) is 4.65. The summed E-state index contributed by atoms with van der Waals surface area (Å²) in [4.78, 5) is 12.2. The van der Waals surface area contributed by atoms with Crippen LogP contribution in [-0.4, -0.2) is 51.7 Å². The maximum atomic E-state index is 12.8. The summed E-state index contributed by atoms with van der Waals surface area (Å²) in [5.41, 5.74) is 3.53. The number of fused-ring (bicyclic) bond motifs is 1. The molecule has 0 radical (unpaired) electrons. The van der Waals surface area contributed by atoms with Crippen molar-refractivity contribution >= 4 is 15.9 Å². The lowest BCUT2D eigenvalue weighted by atomic mass is 10.0. The van der Waals surface area contributed by atoms with Crippen molar-refractivity contribution in [1.29, 1.82) is 0 Å². The van der Waals surface area contributed by atoms with Gasteiger partial charge in [-0.3, -0.25) is 4.79 Å². The summed E-state index contributed by atoms with van der Waals surface area (Å²) in [5, 5.41) is 2.68. The Balaban J connectivity index is 1.62. The number of methoxy groups -OCH3 is 2. The van der Waals surface area contributed by atoms with Crippen LogP contribution in [0.15, 0.2) is 36.4 Å². The second-order valence-electron chi connectivity index (χ2n) is 7.00. The van der Waals surface area contributed by atoms with Crippen LogP contribution in [0, 0.1) is 6.92 Å². The minimum Gasteiger partial charge on any atom is -0.493 e. The average Bonchev–Trinajstić information content (AvgIpc) is 2.72. The first kappa shape index (κ1) is 21.1. The van der Waals surface area contributed by atoms with E-state index in [0.717, 1.165) is 16.7 Å². The van der Waals surface area contributed by atoms with Crippen LogP contribution >= 0.6 is 0 Å². The number of benzene rings is 2. The molecule has 8 heteroatoms. The summed E-state index contributed by atoms with van der Waals surface area (Å²) in [7, 11) is -0.367. The summed E-state index contributed by atoms with van der Waals surface area (Å²) in [5.74, 6) is 0.797. The Hall–Kier alpha value is -2.58. The number of nitrogens with one attached hydrogen (secondary N) is 1. The fraction of sp³-hybridized carbons (Fsp3) is 0.381. The van der Waals surface area contributed by atoms with Crippen molar-refractivity contribution in [2.75, 3.05) is 33.1 Å². The molecule has 1 amide bonds. The van der Waals surface area contributed by atoms with Crippen LogP contribution in [-0.2, 0) is 23.0 Å². The number of carbonyl (C=O) groups excluding carboxylic acids is 1. The van der Waals surface area contributed by atoms with Gasteiger partial charge in [0.15, 0.2) is 11.5 Å². The van der Waals surface area contributed by atoms with Crippen molar-refractivity contribution < 1.29 is 22.7 Å². The molecule has 0 bridgehead atoms. The van der Waals surface area contributed by atoms with E-state index >= 15 is 0 Å². The van der Waals surface area contributed by atoms with Crippen LogP contribution in [0.2, 0.25) is 0 Å². The number of sulfonamides is 1. The van der Waals surface area contributed by atoms with E-state index in [1.54, 1.807) is 26.4 Å². The van der Waals surface area contributed by atoms with Crippen molar-refractivity contribution in [2.24, 2.45) is 0 Å². The summed E-state index contributed by atoms with van der Waals surface area (Å²) in [6.45, 7) is 2.68. The highest BCUT2D eigenvalue weighted by Gasteiger charge is 2.27. The van der Waals surface area contributed by atoms with Gasteiger partial charge in [0.05, 0.1) is 20.0 Å². The van der Waals surface area contributed by atoms with Crippen LogP contribution in [0.25, 0.3) is 0 Å². The summed E-state index contributed by atoms with van der Waals surface area (Å²) in [6.07, 6.45) is 0.602. The molecule has 0 aromatic heterocycles. The van der Waals surface area contributed by atoms with Gasteiger partial charge >= 0.3 is 0 Å². The second-order valence-corrected chi connectivity index (χ2v) is 9.09. The van der Waals surface area contributed by atoms with Crippen molar-refractivity contribution in [3.8, 4) is 11.5 Å². The van der Waals surface area contributed by atoms with Gasteiger partial charge in [0.2, 0.25) is 10.0 Å². The SMILES string of the molecule is COc1cc2c(cc1OC)CN(S(=O)(=O)CCNC(=O)c1ccc(C)cc1)CC2. The zero-order valence-electron chi connectivity index (χ0n) is 16.9. The minimum absolute atomic E-state index is 0.0599. The zero-order chi connectivity index (χ0) is 21.0. The number of rotatable bonds is 7. The lowest BCUT2D eigenvalue weighted by Crippen LogP contribution is -2.40. The summed E-state index contributed by atoms with van der Waals surface area (Å²) in [6, 6.07) is 10.9. The first-order valence-electron chi connectivity index (χ1n) is 9.40. The molecule has 0 unspecified atom stereocenters. The van der Waals surface area contributed by atoms with Gasteiger partial charge in [0.1, 0.15) is 0 Å². The predicted octanol–water partition coefficient (Wildman–Crippen LogP) is 2.13. The maximum absolute atomic E-state index is 12.8. The second kappa shape index (κ2) is 8.84. The molecule has 29 heavy (non-hydrogen) atoms. The first-order valence-corrected chi connectivity index (χ1v) is 11.0. The average molecular weight is 419 g/mol. The Morgan fingerprint density at radius 1 is 1.07 bits per heavy atom. The van der Waals surface area contributed by atoms with Crippen molar-refractivity contribution in [1.82, 2.24) is 9.62 Å². The van der Waals surface area contributed by atoms with E-state index in [1.807, 2.05) is 31.2 Å². The first-order chi connectivity index (χ1) is 13.8. The van der Waals surface area contributed by atoms with Gasteiger partial charge in [-0.15, -0.1) is 0 Å². The molecule has 1 aliphatic heterocycles. The van der Waals surface area contributed by atoms with Gasteiger partial charge in [-0.2, -0.15) is 4.31 Å². The topological polar surface area (TPSA) is 84.9 Å². The van der Waals surface area contributed by atoms with Crippen LogP contribution < -0.4 is 14.8 Å². The number of aryl methyl sites for hydroxylation is 1. The molecule has 0 aliphatic carbocycles. The molecule has 0 spiro atoms. The van der Waals surface area contributed by atoms with E-state index in [-0.39, 0.29) is 24.7 Å². The standard InChI is InChI=1S/C21H26N2O5S/c1-15-4-6-16(7-5-15)21(24)22-9-11-29(25,26)23-10-8-17-12-19(27-2)20(28-3)13-18(17)14-23/h4-7,12-13H,8-11,14H2,1-3H3,(H,22,24). The Kier molecular flexibility index (Phi) is 6.44. The normalized spacial score (nSPS) is 14.2. The third kappa shape index (κ3) is 4.89. The number of hydrogen-bond donors (Lipinski definition) is 1. The molecule has 1 N–H and O–H groups in total. The number of carbonyl (C=O) groups is 1. The van der Waals surface area contributed by atoms with Gasteiger partial charge < -0.3 is 14.8 Å². The molecule has 7 nitrogen and oxygen atoms in total. The number of amides is 1. The fourth-order valence-electron chi connectivity index (χ4n) is 3.32. The van der Waals surface area contributed by atoms with E-state index < -0.39 is 10.0 Å². The van der Waals surface area contributed by atoms with Crippen LogP contribution in [0.5, 0.6) is 11.5 Å². The lowest BCUT2D eigenvalue weighted by Gasteiger charge is -2.29. The molecule has 1 aliphatic rings. The van der Waals surface area contributed by atoms with Crippen molar-refractivity contribution in [3.05, 3.63) is 58.7 Å². The molecule has 2 aromatic rings. The summed E-state index contributed by atoms with van der Waals surface area (Å²) >= 11 is 0. The van der Waals surface area contributed by atoms with E-state index in [1.165, 1.54) is 4.31 Å². The van der Waals surface area contributed by atoms with Gasteiger partial charge in [-0.25, -0.2) is 8.42 Å². The van der Waals surface area contributed by atoms with Gasteiger partial charge in [-0.05, 0) is 48.7 Å². The highest BCUT2D eigenvalue weighted by molar-refractivity contribution is 7.89. The Labute approximate surface area is 171 Å². The smallest absolute Gasteiger partial charge is 0.251 e. The Bertz CT molecular complexity index is 987. The third-order valence-electron chi connectivity index (χ3n) is 5.04. The van der Waals surface area contributed by atoms with Crippen molar-refractivity contribution in [3.63, 3.8) is 0 Å². The Morgan fingerprint density at radius 3 is 2.31 bits per heavy atom. The van der Waals surface area contributed by atoms with Gasteiger partial charge in [-0.1, -0.05) is 17.7 Å². The zero-order valence-corrected chi connectivity index (χ0v) is 17.7. The molecule has 1 heterocycles. The molecule has 0 saturated carbocycles. The maximum Gasteiger partial charge on any atom is 0.251 e. The number of nitrogens with zero attached hydrogens (tertiary/aromatic N) is 1. The quantitative estimate of drug-likeness (QED) is 0.745. The van der Waals surface area contributed by atoms with E-state index in [0.29, 0.717) is 30.0 Å². The minimum atomic E-state index is -3.50. The summed E-state index contributed by atoms with van der Waals surface area (Å²) < 4.78 is 37.6. The molecule has 2 aromatic carbocycles. The largest absolute Gasteiger partial charge is 0.493 e. The van der Waals surface area contributed by atoms with E-state index in [4.69, 9.17) is 9.47 Å². The van der Waals surface area contributed by atoms with Crippen molar-refractivity contribution in [2.45, 2.75) is 19.9 Å². The molecular formula is C21H26N2O5S. The van der Waals surface area contributed by atoms with Crippen LogP contribution in [0.4, 0.5) is 0 Å². The van der Waals surface area contributed by atoms with E-state index in [9.17, 15) is 13.2 Å². The third-order valence-corrected chi connectivity index (χ3v) is 6.85. The highest BCUT2D eigenvalue weighted by Crippen LogP contribution is 2.33. The number of hydrogen-bond acceptors (Lipinski definition) is 5. The molecule has 156 valence electrons. The highest BCUT2D eigenvalue weighted by atomic mass is 32.2. The Morgan fingerprint density at radius 2 is 1.69 bits per heavy atom. The monoisotopic (exact) mass is 418 g/mol. The van der Waals surface area contributed by atoms with Gasteiger partial charge in [0.25, 0.3) is 5.91 Å². The lowest BCUT2D eigenvalue weighted by molar-refractivity contribution is 0.0956. The predicted molar refractivity (Wildman–Crippen MR) is 111 cm³/mol.